The Labute approximate surface area is 422 Å². The molecule has 0 spiro atoms. The summed E-state index contributed by atoms with van der Waals surface area (Å²) >= 11 is 0. The number of aromatic hydroxyl groups is 1. The van der Waals surface area contributed by atoms with E-state index in [0.29, 0.717) is 17.5 Å². The van der Waals surface area contributed by atoms with Gasteiger partial charge in [0.1, 0.15) is 17.3 Å². The number of aliphatic hydroxyl groups excluding tert-OH is 2. The van der Waals surface area contributed by atoms with E-state index in [1.807, 2.05) is 54.6 Å². The molecule has 0 amide bonds. The zero-order valence-electron chi connectivity index (χ0n) is 43.8. The van der Waals surface area contributed by atoms with Crippen LogP contribution in [0.2, 0.25) is 0 Å². The van der Waals surface area contributed by atoms with Gasteiger partial charge in [-0.1, -0.05) is 174 Å². The van der Waals surface area contributed by atoms with Crippen molar-refractivity contribution in [3.8, 4) is 11.5 Å². The second kappa shape index (κ2) is 30.6. The maximum Gasteiger partial charge on any atom is 0.202 e. The van der Waals surface area contributed by atoms with Crippen molar-refractivity contribution in [1.82, 2.24) is 0 Å². The lowest BCUT2D eigenvalue weighted by Crippen LogP contribution is -2.31. The van der Waals surface area contributed by atoms with Gasteiger partial charge in [-0.05, 0) is 91.6 Å². The van der Waals surface area contributed by atoms with Gasteiger partial charge in [-0.15, -0.1) is 0 Å². The number of ketones is 2. The Morgan fingerprint density at radius 1 is 0.543 bits per heavy atom. The van der Waals surface area contributed by atoms with Crippen molar-refractivity contribution in [3.05, 3.63) is 119 Å². The zero-order valence-corrected chi connectivity index (χ0v) is 43.8. The highest BCUT2D eigenvalue weighted by Crippen LogP contribution is 2.44. The molecule has 0 saturated heterocycles. The minimum Gasteiger partial charge on any atom is -0.507 e. The fourth-order valence-corrected chi connectivity index (χ4v) is 10.3. The average Bonchev–Trinajstić information content (AvgIpc) is 3.37. The first-order valence-corrected chi connectivity index (χ1v) is 27.6. The topological polar surface area (TPSA) is 111 Å². The Bertz CT molecular complexity index is 2220. The zero-order chi connectivity index (χ0) is 50.1. The molecular formula is C62H88N2O6. The van der Waals surface area contributed by atoms with Gasteiger partial charge in [0.25, 0.3) is 0 Å². The minimum absolute atomic E-state index is 0.00962. The van der Waals surface area contributed by atoms with Crippen molar-refractivity contribution in [3.63, 3.8) is 0 Å². The standard InChI is InChI=1S/C62H88N2O6/c1-6-10-14-18-20-24-30-47(28-22-16-12-8-3)44-63(50-33-26-32-49(40-50)46-65)52-36-38-55(57(66)42-52)59-61(68)60(62(59)69)56-39-37-53(43-58(56)67)64(51-34-27-35-54(41-51)70-5)45-48(29-23-17-13-9-4)31-25-21-19-15-11-7-2/h26-27,32-43,47-48,65,67-68H,6-25,28-31,44-46H2,1-5H3. The Balaban J connectivity index is 1.41. The Morgan fingerprint density at radius 2 is 1.04 bits per heavy atom. The molecule has 3 N–H and O–H groups in total. The molecule has 3 aromatic carbocycles. The lowest BCUT2D eigenvalue weighted by atomic mass is 9.79. The molecule has 3 aromatic rings. The first-order valence-electron chi connectivity index (χ1n) is 27.6. The summed E-state index contributed by atoms with van der Waals surface area (Å²) in [7, 11) is 1.67. The van der Waals surface area contributed by atoms with Crippen molar-refractivity contribution in [1.29, 1.82) is 0 Å². The van der Waals surface area contributed by atoms with Crippen LogP contribution in [0.4, 0.5) is 17.1 Å². The SMILES string of the molecule is CCCCCCCCC(CCCCCC)CN(C1=CC(=O)C(=C2C(=O)C(c3ccc(N(CC(CCCCCC)CCCCCCCC)c4cccc(OC)c4)cc3O)=C2O)C=C1)c1cccc(CO)c1. The molecule has 0 radical (unpaired) electrons. The van der Waals surface area contributed by atoms with E-state index in [9.17, 15) is 24.9 Å². The third-order valence-electron chi connectivity index (χ3n) is 14.6. The smallest absolute Gasteiger partial charge is 0.202 e. The quantitative estimate of drug-likeness (QED) is 0.0395. The molecule has 2 atom stereocenters. The molecule has 70 heavy (non-hydrogen) atoms. The van der Waals surface area contributed by atoms with E-state index in [0.717, 1.165) is 73.6 Å². The third-order valence-corrected chi connectivity index (χ3v) is 14.6. The molecule has 2 aliphatic rings. The number of hydrogen-bond donors (Lipinski definition) is 3. The summed E-state index contributed by atoms with van der Waals surface area (Å²) < 4.78 is 5.65. The maximum absolute atomic E-state index is 14.1. The van der Waals surface area contributed by atoms with Crippen LogP contribution in [0.5, 0.6) is 11.5 Å². The molecule has 0 heterocycles. The van der Waals surface area contributed by atoms with Gasteiger partial charge in [0.15, 0.2) is 5.78 Å². The number of methoxy groups -OCH3 is 1. The fraction of sp³-hybridized carbons (Fsp3) is 0.548. The van der Waals surface area contributed by atoms with E-state index in [-0.39, 0.29) is 46.2 Å². The number of nitrogens with zero attached hydrogens (tertiary/aromatic N) is 2. The Hall–Kier alpha value is -5.08. The van der Waals surface area contributed by atoms with E-state index in [2.05, 4.69) is 43.6 Å². The molecule has 0 fully saturated rings. The highest BCUT2D eigenvalue weighted by Gasteiger charge is 2.40. The average molecular weight is 957 g/mol. The molecule has 0 bridgehead atoms. The van der Waals surface area contributed by atoms with Crippen molar-refractivity contribution in [2.24, 2.45) is 11.8 Å². The van der Waals surface area contributed by atoms with Crippen molar-refractivity contribution in [2.75, 3.05) is 30.0 Å². The first kappa shape index (κ1) is 55.8. The van der Waals surface area contributed by atoms with Gasteiger partial charge < -0.3 is 29.9 Å². The number of carbonyl (C=O) groups is 2. The van der Waals surface area contributed by atoms with Crippen LogP contribution in [0.1, 0.15) is 193 Å². The highest BCUT2D eigenvalue weighted by molar-refractivity contribution is 6.41. The van der Waals surface area contributed by atoms with Crippen LogP contribution in [0, 0.1) is 11.8 Å². The molecule has 2 unspecified atom stereocenters. The maximum atomic E-state index is 14.1. The molecule has 0 saturated carbocycles. The molecule has 5 rings (SSSR count). The number of rotatable bonds is 35. The summed E-state index contributed by atoms with van der Waals surface area (Å²) in [4.78, 5) is 32.7. The van der Waals surface area contributed by atoms with Gasteiger partial charge in [-0.2, -0.15) is 0 Å². The van der Waals surface area contributed by atoms with E-state index in [1.165, 1.54) is 122 Å². The molecule has 8 heteroatoms. The Morgan fingerprint density at radius 3 is 1.56 bits per heavy atom. The van der Waals surface area contributed by atoms with Crippen molar-refractivity contribution in [2.45, 2.75) is 188 Å². The van der Waals surface area contributed by atoms with Crippen LogP contribution < -0.4 is 14.5 Å². The predicted octanol–water partition coefficient (Wildman–Crippen LogP) is 16.4. The van der Waals surface area contributed by atoms with Crippen LogP contribution in [0.25, 0.3) is 5.57 Å². The molecule has 0 aromatic heterocycles. The summed E-state index contributed by atoms with van der Waals surface area (Å²) in [5.41, 5.74) is 4.51. The van der Waals surface area contributed by atoms with Crippen LogP contribution in [0.15, 0.2) is 108 Å². The molecule has 382 valence electrons. The van der Waals surface area contributed by atoms with Gasteiger partial charge >= 0.3 is 0 Å². The summed E-state index contributed by atoms with van der Waals surface area (Å²) in [6.07, 6.45) is 34.1. The van der Waals surface area contributed by atoms with E-state index in [4.69, 9.17) is 4.74 Å². The number of ether oxygens (including phenoxy) is 1. The molecule has 2 aliphatic carbocycles. The summed E-state index contributed by atoms with van der Waals surface area (Å²) in [5.74, 6) is 0.378. The fourth-order valence-electron chi connectivity index (χ4n) is 10.3. The predicted molar refractivity (Wildman–Crippen MR) is 292 cm³/mol. The van der Waals surface area contributed by atoms with Crippen LogP contribution in [0.3, 0.4) is 0 Å². The van der Waals surface area contributed by atoms with Crippen LogP contribution >= 0.6 is 0 Å². The number of aliphatic hydroxyl groups is 2. The van der Waals surface area contributed by atoms with Crippen LogP contribution in [-0.4, -0.2) is 47.1 Å². The largest absolute Gasteiger partial charge is 0.507 e. The summed E-state index contributed by atoms with van der Waals surface area (Å²) in [6.45, 7) is 10.4. The highest BCUT2D eigenvalue weighted by atomic mass is 16.5. The number of phenolic OH excluding ortho intramolecular Hbond substituents is 1. The van der Waals surface area contributed by atoms with Crippen molar-refractivity contribution < 1.29 is 29.6 Å². The number of allylic oxidation sites excluding steroid dienone is 6. The molecular weight excluding hydrogens is 869 g/mol. The first-order chi connectivity index (χ1) is 34.2. The van der Waals surface area contributed by atoms with E-state index in [1.54, 1.807) is 31.4 Å². The Kier molecular flexibility index (Phi) is 24.4. The number of carbonyl (C=O) groups excluding carboxylic acids is 2. The van der Waals surface area contributed by atoms with E-state index >= 15 is 0 Å². The monoisotopic (exact) mass is 957 g/mol. The molecule has 8 nitrogen and oxygen atoms in total. The van der Waals surface area contributed by atoms with Gasteiger partial charge in [-0.25, -0.2) is 0 Å². The summed E-state index contributed by atoms with van der Waals surface area (Å²) in [6, 6.07) is 21.2. The second-order valence-corrected chi connectivity index (χ2v) is 20.1. The molecule has 0 aliphatic heterocycles. The third kappa shape index (κ3) is 16.5. The minimum atomic E-state index is -0.472. The number of unbranched alkanes of at least 4 members (excludes halogenated alkanes) is 16. The van der Waals surface area contributed by atoms with Crippen LogP contribution in [-0.2, 0) is 16.2 Å². The van der Waals surface area contributed by atoms with Crippen molar-refractivity contribution >= 4 is 34.2 Å². The number of phenols is 1. The number of benzene rings is 3. The lowest BCUT2D eigenvalue weighted by Gasteiger charge is -2.32. The number of hydrogen-bond acceptors (Lipinski definition) is 8. The normalized spacial score (nSPS) is 15.5. The van der Waals surface area contributed by atoms with Gasteiger partial charge in [0.2, 0.25) is 5.78 Å². The van der Waals surface area contributed by atoms with Gasteiger partial charge in [-0.3, -0.25) is 9.59 Å². The second-order valence-electron chi connectivity index (χ2n) is 20.1. The summed E-state index contributed by atoms with van der Waals surface area (Å²) in [5, 5.41) is 33.4. The van der Waals surface area contributed by atoms with E-state index < -0.39 is 5.78 Å². The lowest BCUT2D eigenvalue weighted by molar-refractivity contribution is -0.114. The van der Waals surface area contributed by atoms with Gasteiger partial charge in [0, 0.05) is 65.2 Å². The number of Topliss-reactive ketones (excluding diaryl/α,β-unsaturated/α-hetero) is 1. The van der Waals surface area contributed by atoms with Gasteiger partial charge in [0.05, 0.1) is 24.9 Å². The number of anilines is 3.